The molecule has 0 aromatic heterocycles. The summed E-state index contributed by atoms with van der Waals surface area (Å²) >= 11 is 0. The Labute approximate surface area is 126 Å². The fraction of sp³-hybridized carbons (Fsp3) is 0.471. The summed E-state index contributed by atoms with van der Waals surface area (Å²) in [6.07, 6.45) is 0.456. The number of aliphatic hydroxyl groups excluding tert-OH is 1. The maximum absolute atomic E-state index is 12.5. The van der Waals surface area contributed by atoms with Gasteiger partial charge in [-0.15, -0.1) is 0 Å². The molecule has 0 bridgehead atoms. The van der Waals surface area contributed by atoms with Crippen LogP contribution in [0.4, 0.5) is 0 Å². The average molecular weight is 286 g/mol. The second-order valence-electron chi connectivity index (χ2n) is 5.08. The fourth-order valence-corrected chi connectivity index (χ4v) is 2.40. The summed E-state index contributed by atoms with van der Waals surface area (Å²) in [7, 11) is 0. The number of carbonyl (C=O) groups excluding carboxylic acids is 1. The Kier molecular flexibility index (Phi) is 5.79. The van der Waals surface area contributed by atoms with Gasteiger partial charge in [0.2, 0.25) is 0 Å². The van der Waals surface area contributed by atoms with Gasteiger partial charge in [0.05, 0.1) is 6.61 Å². The number of amides is 1. The van der Waals surface area contributed by atoms with E-state index in [0.717, 1.165) is 38.3 Å². The Hall–Kier alpha value is -1.83. The predicted octanol–water partition coefficient (Wildman–Crippen LogP) is 1.20. The second kappa shape index (κ2) is 7.82. The van der Waals surface area contributed by atoms with Crippen LogP contribution in [-0.4, -0.2) is 60.1 Å². The number of carbonyl (C=O) groups is 1. The largest absolute Gasteiger partial charge is 0.395 e. The second-order valence-corrected chi connectivity index (χ2v) is 5.08. The third kappa shape index (κ3) is 4.32. The lowest BCUT2D eigenvalue weighted by molar-refractivity contribution is 0.0643. The zero-order valence-corrected chi connectivity index (χ0v) is 12.5. The van der Waals surface area contributed by atoms with E-state index in [1.807, 2.05) is 29.2 Å². The van der Waals surface area contributed by atoms with Crippen molar-refractivity contribution in [3.05, 3.63) is 35.4 Å². The molecule has 1 N–H and O–H groups in total. The lowest BCUT2D eigenvalue weighted by Crippen LogP contribution is -2.48. The summed E-state index contributed by atoms with van der Waals surface area (Å²) in [6.45, 7) is 6.70. The van der Waals surface area contributed by atoms with Crippen molar-refractivity contribution in [3.8, 4) is 11.8 Å². The topological polar surface area (TPSA) is 43.8 Å². The van der Waals surface area contributed by atoms with Gasteiger partial charge in [0.1, 0.15) is 0 Å². The van der Waals surface area contributed by atoms with E-state index in [9.17, 15) is 4.79 Å². The van der Waals surface area contributed by atoms with Crippen LogP contribution in [-0.2, 0) is 0 Å². The van der Waals surface area contributed by atoms with Gasteiger partial charge in [-0.3, -0.25) is 4.79 Å². The highest BCUT2D eigenvalue weighted by Gasteiger charge is 2.21. The number of nitrogens with zero attached hydrogens (tertiary/aromatic N) is 2. The smallest absolute Gasteiger partial charge is 0.253 e. The lowest BCUT2D eigenvalue weighted by atomic mass is 10.1. The minimum atomic E-state index is 0.0628. The van der Waals surface area contributed by atoms with Crippen LogP contribution in [0.2, 0.25) is 0 Å². The first-order chi connectivity index (χ1) is 10.2. The van der Waals surface area contributed by atoms with E-state index in [4.69, 9.17) is 5.11 Å². The van der Waals surface area contributed by atoms with E-state index in [2.05, 4.69) is 23.7 Å². The SMILES string of the molecule is CCN1CCN(C(=O)c2cccc(C#CCCO)c2)CC1. The van der Waals surface area contributed by atoms with Crippen molar-refractivity contribution in [3.63, 3.8) is 0 Å². The maximum Gasteiger partial charge on any atom is 0.253 e. The van der Waals surface area contributed by atoms with Gasteiger partial charge >= 0.3 is 0 Å². The van der Waals surface area contributed by atoms with E-state index in [0.29, 0.717) is 12.0 Å². The van der Waals surface area contributed by atoms with E-state index in [-0.39, 0.29) is 12.5 Å². The van der Waals surface area contributed by atoms with Crippen LogP contribution < -0.4 is 0 Å². The highest BCUT2D eigenvalue weighted by molar-refractivity contribution is 5.94. The molecule has 1 saturated heterocycles. The molecule has 1 aromatic carbocycles. The van der Waals surface area contributed by atoms with Crippen LogP contribution in [0, 0.1) is 11.8 Å². The summed E-state index contributed by atoms with van der Waals surface area (Å²) in [5.74, 6) is 5.93. The first-order valence-electron chi connectivity index (χ1n) is 7.46. The van der Waals surface area contributed by atoms with Crippen LogP contribution >= 0.6 is 0 Å². The molecular formula is C17H22N2O2. The standard InChI is InChI=1S/C17H22N2O2/c1-2-18-9-11-19(12-10-18)17(21)16-8-5-7-15(14-16)6-3-4-13-20/h5,7-8,14,20H,2,4,9-13H2,1H3. The van der Waals surface area contributed by atoms with E-state index in [1.165, 1.54) is 0 Å². The number of benzene rings is 1. The Bertz CT molecular complexity index is 537. The van der Waals surface area contributed by atoms with Crippen LogP contribution in [0.5, 0.6) is 0 Å². The molecule has 1 fully saturated rings. The summed E-state index contributed by atoms with van der Waals surface area (Å²) in [5, 5.41) is 8.73. The molecule has 1 aliphatic heterocycles. The molecule has 0 spiro atoms. The zero-order chi connectivity index (χ0) is 15.1. The normalized spacial score (nSPS) is 15.4. The molecule has 0 aliphatic carbocycles. The Morgan fingerprint density at radius 3 is 2.71 bits per heavy atom. The van der Waals surface area contributed by atoms with Gasteiger partial charge in [-0.05, 0) is 24.7 Å². The van der Waals surface area contributed by atoms with Crippen LogP contribution in [0.3, 0.4) is 0 Å². The molecule has 21 heavy (non-hydrogen) atoms. The molecule has 4 nitrogen and oxygen atoms in total. The molecule has 0 saturated carbocycles. The zero-order valence-electron chi connectivity index (χ0n) is 12.5. The van der Waals surface area contributed by atoms with Crippen LogP contribution in [0.25, 0.3) is 0 Å². The van der Waals surface area contributed by atoms with Gasteiger partial charge in [-0.25, -0.2) is 0 Å². The van der Waals surface area contributed by atoms with E-state index < -0.39 is 0 Å². The van der Waals surface area contributed by atoms with Crippen molar-refractivity contribution >= 4 is 5.91 Å². The number of rotatable bonds is 3. The van der Waals surface area contributed by atoms with Gasteiger partial charge in [0, 0.05) is 43.7 Å². The number of piperazine rings is 1. The van der Waals surface area contributed by atoms with E-state index >= 15 is 0 Å². The Morgan fingerprint density at radius 1 is 1.29 bits per heavy atom. The number of aliphatic hydroxyl groups is 1. The summed E-state index contributed by atoms with van der Waals surface area (Å²) < 4.78 is 0. The molecule has 1 heterocycles. The first-order valence-corrected chi connectivity index (χ1v) is 7.46. The molecule has 4 heteroatoms. The molecule has 0 radical (unpaired) electrons. The Morgan fingerprint density at radius 2 is 2.05 bits per heavy atom. The fourth-order valence-electron chi connectivity index (χ4n) is 2.40. The van der Waals surface area contributed by atoms with Crippen LogP contribution in [0.1, 0.15) is 29.3 Å². The number of hydrogen-bond acceptors (Lipinski definition) is 3. The van der Waals surface area contributed by atoms with Crippen molar-refractivity contribution in [2.75, 3.05) is 39.3 Å². The third-order valence-electron chi connectivity index (χ3n) is 3.69. The van der Waals surface area contributed by atoms with Crippen molar-refractivity contribution < 1.29 is 9.90 Å². The summed E-state index contributed by atoms with van der Waals surface area (Å²) in [6, 6.07) is 7.42. The van der Waals surface area contributed by atoms with Crippen molar-refractivity contribution in [2.24, 2.45) is 0 Å². The molecule has 1 aromatic rings. The molecule has 2 rings (SSSR count). The molecule has 0 unspecified atom stereocenters. The predicted molar refractivity (Wildman–Crippen MR) is 83.0 cm³/mol. The molecular weight excluding hydrogens is 264 g/mol. The average Bonchev–Trinajstić information content (AvgIpc) is 2.55. The molecule has 1 aliphatic rings. The van der Waals surface area contributed by atoms with Crippen molar-refractivity contribution in [1.29, 1.82) is 0 Å². The van der Waals surface area contributed by atoms with Crippen molar-refractivity contribution in [2.45, 2.75) is 13.3 Å². The summed E-state index contributed by atoms with van der Waals surface area (Å²) in [5.41, 5.74) is 1.51. The minimum absolute atomic E-state index is 0.0628. The highest BCUT2D eigenvalue weighted by atomic mass is 16.2. The first kappa shape index (κ1) is 15.6. The third-order valence-corrected chi connectivity index (χ3v) is 3.69. The van der Waals surface area contributed by atoms with E-state index in [1.54, 1.807) is 0 Å². The van der Waals surface area contributed by atoms with Gasteiger partial charge in [-0.1, -0.05) is 24.8 Å². The van der Waals surface area contributed by atoms with Gasteiger partial charge in [0.25, 0.3) is 5.91 Å². The minimum Gasteiger partial charge on any atom is -0.395 e. The van der Waals surface area contributed by atoms with Crippen molar-refractivity contribution in [1.82, 2.24) is 9.80 Å². The lowest BCUT2D eigenvalue weighted by Gasteiger charge is -2.34. The highest BCUT2D eigenvalue weighted by Crippen LogP contribution is 2.10. The quantitative estimate of drug-likeness (QED) is 0.849. The number of likely N-dealkylation sites (N-methyl/N-ethyl adjacent to an activating group) is 1. The monoisotopic (exact) mass is 286 g/mol. The number of hydrogen-bond donors (Lipinski definition) is 1. The molecule has 0 atom stereocenters. The van der Waals surface area contributed by atoms with Gasteiger partial charge in [0.15, 0.2) is 0 Å². The maximum atomic E-state index is 12.5. The van der Waals surface area contributed by atoms with Gasteiger partial charge in [-0.2, -0.15) is 0 Å². The van der Waals surface area contributed by atoms with Gasteiger partial charge < -0.3 is 14.9 Å². The summed E-state index contributed by atoms with van der Waals surface area (Å²) in [4.78, 5) is 16.8. The Balaban J connectivity index is 2.03. The molecule has 112 valence electrons. The molecule has 1 amide bonds. The van der Waals surface area contributed by atoms with Crippen LogP contribution in [0.15, 0.2) is 24.3 Å².